The van der Waals surface area contributed by atoms with Crippen LogP contribution in [0.4, 0.5) is 11.4 Å². The number of non-ortho nitro benzene ring substituents is 1. The second-order valence-corrected chi connectivity index (χ2v) is 3.43. The molecule has 0 saturated heterocycles. The minimum absolute atomic E-state index is 0.0230. The Balaban J connectivity index is 3.17. The first-order valence-electron chi connectivity index (χ1n) is 5.18. The van der Waals surface area contributed by atoms with Crippen molar-refractivity contribution in [1.29, 1.82) is 0 Å². The summed E-state index contributed by atoms with van der Waals surface area (Å²) in [4.78, 5) is 32.5. The van der Waals surface area contributed by atoms with Gasteiger partial charge in [0.15, 0.2) is 0 Å². The predicted octanol–water partition coefficient (Wildman–Crippen LogP) is 1.73. The third-order valence-electron chi connectivity index (χ3n) is 1.96. The molecule has 0 saturated carbocycles. The highest BCUT2D eigenvalue weighted by molar-refractivity contribution is 5.94. The Morgan fingerprint density at radius 2 is 2.06 bits per heavy atom. The van der Waals surface area contributed by atoms with Crippen molar-refractivity contribution in [2.75, 3.05) is 11.9 Å². The summed E-state index contributed by atoms with van der Waals surface area (Å²) < 4.78 is 4.75. The summed E-state index contributed by atoms with van der Waals surface area (Å²) in [5, 5.41) is 13.1. The van der Waals surface area contributed by atoms with Gasteiger partial charge in [0.05, 0.1) is 17.1 Å². The van der Waals surface area contributed by atoms with Crippen molar-refractivity contribution < 1.29 is 19.2 Å². The average molecular weight is 252 g/mol. The standard InChI is InChI=1S/C11H12N2O5/c1-3-18-11(15)8-4-9(12-7(2)14)6-10(5-8)13(16)17/h4-6H,3H2,1-2H3,(H,12,14). The van der Waals surface area contributed by atoms with Crippen molar-refractivity contribution in [2.45, 2.75) is 13.8 Å². The topological polar surface area (TPSA) is 98.5 Å². The van der Waals surface area contributed by atoms with Gasteiger partial charge in [-0.15, -0.1) is 0 Å². The van der Waals surface area contributed by atoms with E-state index in [2.05, 4.69) is 5.32 Å². The molecule has 18 heavy (non-hydrogen) atoms. The molecule has 0 atom stereocenters. The number of rotatable bonds is 4. The van der Waals surface area contributed by atoms with Gasteiger partial charge < -0.3 is 10.1 Å². The van der Waals surface area contributed by atoms with Crippen LogP contribution in [-0.2, 0) is 9.53 Å². The Kier molecular flexibility index (Phi) is 4.36. The fourth-order valence-corrected chi connectivity index (χ4v) is 1.32. The number of ether oxygens (including phenoxy) is 1. The molecule has 1 aromatic carbocycles. The summed E-state index contributed by atoms with van der Waals surface area (Å²) in [7, 11) is 0. The highest BCUT2D eigenvalue weighted by atomic mass is 16.6. The zero-order chi connectivity index (χ0) is 13.7. The van der Waals surface area contributed by atoms with Crippen LogP contribution >= 0.6 is 0 Å². The van der Waals surface area contributed by atoms with Gasteiger partial charge in [0.25, 0.3) is 5.69 Å². The van der Waals surface area contributed by atoms with Crippen LogP contribution in [0, 0.1) is 10.1 Å². The number of nitrogens with one attached hydrogen (secondary N) is 1. The molecular weight excluding hydrogens is 240 g/mol. The van der Waals surface area contributed by atoms with Crippen molar-refractivity contribution in [3.63, 3.8) is 0 Å². The molecule has 0 aliphatic heterocycles. The molecule has 0 heterocycles. The van der Waals surface area contributed by atoms with Crippen LogP contribution < -0.4 is 5.32 Å². The minimum Gasteiger partial charge on any atom is -0.462 e. The maximum absolute atomic E-state index is 11.5. The normalized spacial score (nSPS) is 9.67. The highest BCUT2D eigenvalue weighted by Crippen LogP contribution is 2.21. The van der Waals surface area contributed by atoms with Crippen molar-refractivity contribution in [3.05, 3.63) is 33.9 Å². The molecule has 0 radical (unpaired) electrons. The lowest BCUT2D eigenvalue weighted by atomic mass is 10.1. The molecule has 0 spiro atoms. The summed E-state index contributed by atoms with van der Waals surface area (Å²) in [6.45, 7) is 3.06. The first-order valence-corrected chi connectivity index (χ1v) is 5.18. The van der Waals surface area contributed by atoms with E-state index in [-0.39, 0.29) is 29.5 Å². The van der Waals surface area contributed by atoms with Crippen LogP contribution in [0.15, 0.2) is 18.2 Å². The van der Waals surface area contributed by atoms with E-state index in [1.165, 1.54) is 19.1 Å². The van der Waals surface area contributed by atoms with E-state index < -0.39 is 10.9 Å². The number of anilines is 1. The first kappa shape index (κ1) is 13.6. The molecule has 1 aromatic rings. The Morgan fingerprint density at radius 3 is 2.56 bits per heavy atom. The number of carbonyl (C=O) groups excluding carboxylic acids is 2. The van der Waals surface area contributed by atoms with E-state index in [9.17, 15) is 19.7 Å². The molecule has 0 bridgehead atoms. The predicted molar refractivity (Wildman–Crippen MR) is 63.4 cm³/mol. The van der Waals surface area contributed by atoms with Crippen LogP contribution in [0.3, 0.4) is 0 Å². The van der Waals surface area contributed by atoms with Gasteiger partial charge in [-0.05, 0) is 13.0 Å². The largest absolute Gasteiger partial charge is 0.462 e. The van der Waals surface area contributed by atoms with Crippen LogP contribution in [-0.4, -0.2) is 23.4 Å². The fourth-order valence-electron chi connectivity index (χ4n) is 1.32. The Hall–Kier alpha value is -2.44. The molecule has 0 aliphatic carbocycles. The van der Waals surface area contributed by atoms with Crippen LogP contribution in [0.5, 0.6) is 0 Å². The Bertz CT molecular complexity index is 498. The van der Waals surface area contributed by atoms with Gasteiger partial charge in [-0.3, -0.25) is 14.9 Å². The summed E-state index contributed by atoms with van der Waals surface area (Å²) in [6.07, 6.45) is 0. The summed E-state index contributed by atoms with van der Waals surface area (Å²) >= 11 is 0. The lowest BCUT2D eigenvalue weighted by molar-refractivity contribution is -0.384. The highest BCUT2D eigenvalue weighted by Gasteiger charge is 2.15. The summed E-state index contributed by atoms with van der Waals surface area (Å²) in [5.41, 5.74) is -0.0844. The average Bonchev–Trinajstić information content (AvgIpc) is 2.27. The fraction of sp³-hybridized carbons (Fsp3) is 0.273. The molecule has 0 unspecified atom stereocenters. The third kappa shape index (κ3) is 3.55. The Labute approximate surface area is 103 Å². The summed E-state index contributed by atoms with van der Waals surface area (Å²) in [6, 6.07) is 3.60. The molecule has 0 aromatic heterocycles. The number of nitrogens with zero attached hydrogens (tertiary/aromatic N) is 1. The Morgan fingerprint density at radius 1 is 1.39 bits per heavy atom. The number of nitro benzene ring substituents is 1. The van der Waals surface area contributed by atoms with Gasteiger partial charge in [0, 0.05) is 24.7 Å². The van der Waals surface area contributed by atoms with Gasteiger partial charge in [0.2, 0.25) is 5.91 Å². The molecule has 1 rings (SSSR count). The van der Waals surface area contributed by atoms with E-state index in [1.54, 1.807) is 6.92 Å². The van der Waals surface area contributed by atoms with E-state index in [4.69, 9.17) is 4.74 Å². The van der Waals surface area contributed by atoms with Crippen LogP contribution in [0.1, 0.15) is 24.2 Å². The van der Waals surface area contributed by atoms with E-state index in [1.807, 2.05) is 0 Å². The molecule has 0 fully saturated rings. The van der Waals surface area contributed by atoms with Crippen molar-refractivity contribution in [1.82, 2.24) is 0 Å². The van der Waals surface area contributed by atoms with Gasteiger partial charge >= 0.3 is 5.97 Å². The quantitative estimate of drug-likeness (QED) is 0.499. The lowest BCUT2D eigenvalue weighted by Crippen LogP contribution is -2.09. The molecule has 7 heteroatoms. The molecular formula is C11H12N2O5. The van der Waals surface area contributed by atoms with Gasteiger partial charge in [0.1, 0.15) is 0 Å². The van der Waals surface area contributed by atoms with Crippen molar-refractivity contribution >= 4 is 23.3 Å². The zero-order valence-corrected chi connectivity index (χ0v) is 9.93. The molecule has 0 aliphatic rings. The van der Waals surface area contributed by atoms with Gasteiger partial charge in [-0.2, -0.15) is 0 Å². The molecule has 7 nitrogen and oxygen atoms in total. The van der Waals surface area contributed by atoms with Crippen LogP contribution in [0.2, 0.25) is 0 Å². The monoisotopic (exact) mass is 252 g/mol. The number of nitro groups is 1. The zero-order valence-electron chi connectivity index (χ0n) is 9.93. The SMILES string of the molecule is CCOC(=O)c1cc(NC(C)=O)cc([N+](=O)[O-])c1. The third-order valence-corrected chi connectivity index (χ3v) is 1.96. The number of benzene rings is 1. The van der Waals surface area contributed by atoms with Gasteiger partial charge in [-0.1, -0.05) is 0 Å². The number of amides is 1. The number of hydrogen-bond acceptors (Lipinski definition) is 5. The van der Waals surface area contributed by atoms with Gasteiger partial charge in [-0.25, -0.2) is 4.79 Å². The summed E-state index contributed by atoms with van der Waals surface area (Å²) in [5.74, 6) is -1.06. The molecule has 96 valence electrons. The van der Waals surface area contributed by atoms with Crippen molar-refractivity contribution in [3.8, 4) is 0 Å². The second-order valence-electron chi connectivity index (χ2n) is 3.43. The van der Waals surface area contributed by atoms with E-state index >= 15 is 0 Å². The van der Waals surface area contributed by atoms with E-state index in [0.717, 1.165) is 6.07 Å². The smallest absolute Gasteiger partial charge is 0.338 e. The second kappa shape index (κ2) is 5.76. The number of carbonyl (C=O) groups is 2. The van der Waals surface area contributed by atoms with Crippen LogP contribution in [0.25, 0.3) is 0 Å². The minimum atomic E-state index is -0.673. The maximum Gasteiger partial charge on any atom is 0.338 e. The van der Waals surface area contributed by atoms with E-state index in [0.29, 0.717) is 0 Å². The maximum atomic E-state index is 11.5. The van der Waals surface area contributed by atoms with Crippen molar-refractivity contribution in [2.24, 2.45) is 0 Å². The first-order chi connectivity index (χ1) is 8.43. The lowest BCUT2D eigenvalue weighted by Gasteiger charge is -2.06. The molecule has 1 amide bonds. The number of hydrogen-bond donors (Lipinski definition) is 1. The molecule has 1 N–H and O–H groups in total. The number of esters is 1.